The van der Waals surface area contributed by atoms with Gasteiger partial charge in [0.15, 0.2) is 0 Å². The van der Waals surface area contributed by atoms with Gasteiger partial charge in [-0.3, -0.25) is 0 Å². The lowest BCUT2D eigenvalue weighted by atomic mass is 9.83. The van der Waals surface area contributed by atoms with E-state index in [1.807, 2.05) is 0 Å². The van der Waals surface area contributed by atoms with E-state index in [0.717, 1.165) is 11.3 Å². The molecule has 2 rings (SSSR count). The molecule has 0 spiro atoms. The predicted octanol–water partition coefficient (Wildman–Crippen LogP) is 3.94. The first kappa shape index (κ1) is 10.4. The van der Waals surface area contributed by atoms with Gasteiger partial charge >= 0.3 is 0 Å². The van der Waals surface area contributed by atoms with Crippen LogP contribution in [0, 0.1) is 18.3 Å². The molecule has 0 aliphatic heterocycles. The Bertz CT molecular complexity index is 331. The van der Waals surface area contributed by atoms with Crippen molar-refractivity contribution in [2.75, 3.05) is 0 Å². The van der Waals surface area contributed by atoms with Gasteiger partial charge in [0.25, 0.3) is 0 Å². The number of hydrogen-bond donors (Lipinski definition) is 1. The number of rotatable bonds is 2. The molecular formula is C14H19N. The number of nitrogens with one attached hydrogen (secondary N) is 1. The minimum Gasteiger partial charge on any atom is -0.304 e. The second kappa shape index (κ2) is 4.61. The van der Waals surface area contributed by atoms with Crippen molar-refractivity contribution >= 4 is 5.71 Å². The van der Waals surface area contributed by atoms with Crippen LogP contribution in [-0.4, -0.2) is 5.71 Å². The zero-order valence-electron chi connectivity index (χ0n) is 9.42. The highest BCUT2D eigenvalue weighted by molar-refractivity contribution is 5.99. The second-order valence-corrected chi connectivity index (χ2v) is 4.61. The van der Waals surface area contributed by atoms with E-state index in [9.17, 15) is 0 Å². The monoisotopic (exact) mass is 201 g/mol. The van der Waals surface area contributed by atoms with E-state index in [4.69, 9.17) is 5.41 Å². The summed E-state index contributed by atoms with van der Waals surface area (Å²) < 4.78 is 0. The SMILES string of the molecule is Cc1ccc(C(=N)C2CCCCC2)cc1. The molecule has 1 saturated carbocycles. The van der Waals surface area contributed by atoms with Crippen molar-refractivity contribution in [1.82, 2.24) is 0 Å². The van der Waals surface area contributed by atoms with E-state index in [1.54, 1.807) is 0 Å². The van der Waals surface area contributed by atoms with Gasteiger partial charge in [-0.05, 0) is 25.3 Å². The summed E-state index contributed by atoms with van der Waals surface area (Å²) in [5, 5.41) is 8.19. The van der Waals surface area contributed by atoms with Gasteiger partial charge in [0.05, 0.1) is 0 Å². The molecule has 1 fully saturated rings. The minimum absolute atomic E-state index is 0.515. The molecule has 1 N–H and O–H groups in total. The lowest BCUT2D eigenvalue weighted by Crippen LogP contribution is -2.17. The molecule has 0 amide bonds. The zero-order chi connectivity index (χ0) is 10.7. The average molecular weight is 201 g/mol. The maximum absolute atomic E-state index is 8.19. The smallest absolute Gasteiger partial charge is 0.0417 e. The van der Waals surface area contributed by atoms with E-state index in [0.29, 0.717) is 5.92 Å². The van der Waals surface area contributed by atoms with Crippen LogP contribution in [0.5, 0.6) is 0 Å². The lowest BCUT2D eigenvalue weighted by Gasteiger charge is -2.22. The molecule has 0 unspecified atom stereocenters. The van der Waals surface area contributed by atoms with Crippen molar-refractivity contribution in [3.8, 4) is 0 Å². The predicted molar refractivity (Wildman–Crippen MR) is 64.6 cm³/mol. The van der Waals surface area contributed by atoms with Crippen molar-refractivity contribution in [1.29, 1.82) is 5.41 Å². The fourth-order valence-corrected chi connectivity index (χ4v) is 2.36. The van der Waals surface area contributed by atoms with Gasteiger partial charge < -0.3 is 5.41 Å². The Morgan fingerprint density at radius 2 is 1.67 bits per heavy atom. The Morgan fingerprint density at radius 3 is 2.27 bits per heavy atom. The van der Waals surface area contributed by atoms with Gasteiger partial charge in [-0.1, -0.05) is 49.1 Å². The topological polar surface area (TPSA) is 23.9 Å². The maximum Gasteiger partial charge on any atom is 0.0417 e. The molecule has 80 valence electrons. The summed E-state index contributed by atoms with van der Waals surface area (Å²) in [4.78, 5) is 0. The fraction of sp³-hybridized carbons (Fsp3) is 0.500. The van der Waals surface area contributed by atoms with Gasteiger partial charge in [-0.25, -0.2) is 0 Å². The quantitative estimate of drug-likeness (QED) is 0.701. The largest absolute Gasteiger partial charge is 0.304 e. The van der Waals surface area contributed by atoms with E-state index in [-0.39, 0.29) is 0 Å². The van der Waals surface area contributed by atoms with E-state index in [2.05, 4.69) is 31.2 Å². The molecule has 1 aliphatic carbocycles. The molecule has 1 aromatic rings. The molecule has 1 aliphatic rings. The van der Waals surface area contributed by atoms with E-state index >= 15 is 0 Å². The average Bonchev–Trinajstić information content (AvgIpc) is 2.30. The molecule has 0 saturated heterocycles. The molecule has 15 heavy (non-hydrogen) atoms. The summed E-state index contributed by atoms with van der Waals surface area (Å²) in [6.45, 7) is 2.09. The molecule has 1 heteroatoms. The summed E-state index contributed by atoms with van der Waals surface area (Å²) in [5.74, 6) is 0.515. The van der Waals surface area contributed by atoms with Crippen LogP contribution in [0.3, 0.4) is 0 Å². The van der Waals surface area contributed by atoms with Gasteiger partial charge in [0.1, 0.15) is 0 Å². The third-order valence-corrected chi connectivity index (χ3v) is 3.38. The Morgan fingerprint density at radius 1 is 1.07 bits per heavy atom. The number of hydrogen-bond acceptors (Lipinski definition) is 1. The van der Waals surface area contributed by atoms with Crippen molar-refractivity contribution in [3.05, 3.63) is 35.4 Å². The molecule has 0 radical (unpaired) electrons. The van der Waals surface area contributed by atoms with Crippen LogP contribution >= 0.6 is 0 Å². The van der Waals surface area contributed by atoms with Crippen molar-refractivity contribution < 1.29 is 0 Å². The first-order chi connectivity index (χ1) is 7.27. The standard InChI is InChI=1S/C14H19N/c1-11-7-9-13(10-8-11)14(15)12-5-3-2-4-6-12/h7-10,12,15H,2-6H2,1H3. The summed E-state index contributed by atoms with van der Waals surface area (Å²) >= 11 is 0. The van der Waals surface area contributed by atoms with Crippen LogP contribution in [0.2, 0.25) is 0 Å². The third-order valence-electron chi connectivity index (χ3n) is 3.38. The van der Waals surface area contributed by atoms with Crippen molar-refractivity contribution in [2.45, 2.75) is 39.0 Å². The molecular weight excluding hydrogens is 182 g/mol. The number of aryl methyl sites for hydroxylation is 1. The van der Waals surface area contributed by atoms with Crippen LogP contribution in [0.4, 0.5) is 0 Å². The van der Waals surface area contributed by atoms with Crippen LogP contribution < -0.4 is 0 Å². The third kappa shape index (κ3) is 2.47. The Balaban J connectivity index is 2.09. The van der Waals surface area contributed by atoms with Crippen molar-refractivity contribution in [2.24, 2.45) is 5.92 Å². The molecule has 0 atom stereocenters. The Hall–Kier alpha value is -1.11. The summed E-state index contributed by atoms with van der Waals surface area (Å²) in [5.41, 5.74) is 3.25. The Labute approximate surface area is 92.0 Å². The summed E-state index contributed by atoms with van der Waals surface area (Å²) in [6.07, 6.45) is 6.40. The van der Waals surface area contributed by atoms with Gasteiger partial charge in [0.2, 0.25) is 0 Å². The first-order valence-electron chi connectivity index (χ1n) is 5.93. The molecule has 1 nitrogen and oxygen atoms in total. The van der Waals surface area contributed by atoms with E-state index < -0.39 is 0 Å². The zero-order valence-corrected chi connectivity index (χ0v) is 9.42. The van der Waals surface area contributed by atoms with Gasteiger partial charge in [0, 0.05) is 11.6 Å². The fourth-order valence-electron chi connectivity index (χ4n) is 2.36. The molecule has 1 aromatic carbocycles. The van der Waals surface area contributed by atoms with Crippen LogP contribution in [0.25, 0.3) is 0 Å². The highest BCUT2D eigenvalue weighted by Crippen LogP contribution is 2.26. The lowest BCUT2D eigenvalue weighted by molar-refractivity contribution is 0.438. The molecule has 0 heterocycles. The summed E-state index contributed by atoms with van der Waals surface area (Å²) in [6, 6.07) is 8.39. The van der Waals surface area contributed by atoms with Crippen LogP contribution in [0.15, 0.2) is 24.3 Å². The maximum atomic E-state index is 8.19. The minimum atomic E-state index is 0.515. The van der Waals surface area contributed by atoms with Crippen LogP contribution in [0.1, 0.15) is 43.2 Å². The van der Waals surface area contributed by atoms with E-state index in [1.165, 1.54) is 37.7 Å². The number of benzene rings is 1. The molecule has 0 bridgehead atoms. The second-order valence-electron chi connectivity index (χ2n) is 4.61. The van der Waals surface area contributed by atoms with Crippen LogP contribution in [-0.2, 0) is 0 Å². The van der Waals surface area contributed by atoms with Gasteiger partial charge in [-0.15, -0.1) is 0 Å². The molecule has 0 aromatic heterocycles. The van der Waals surface area contributed by atoms with Gasteiger partial charge in [-0.2, -0.15) is 0 Å². The first-order valence-corrected chi connectivity index (χ1v) is 5.93. The van der Waals surface area contributed by atoms with Crippen molar-refractivity contribution in [3.63, 3.8) is 0 Å². The highest BCUT2D eigenvalue weighted by atomic mass is 14.5. The summed E-state index contributed by atoms with van der Waals surface area (Å²) in [7, 11) is 0. The Kier molecular flexibility index (Phi) is 3.20. The highest BCUT2D eigenvalue weighted by Gasteiger charge is 2.18. The normalized spacial score (nSPS) is 17.7.